The Morgan fingerprint density at radius 2 is 2.00 bits per heavy atom. The van der Waals surface area contributed by atoms with Gasteiger partial charge < -0.3 is 4.57 Å². The van der Waals surface area contributed by atoms with Crippen LogP contribution in [-0.2, 0) is 22.6 Å². The summed E-state index contributed by atoms with van der Waals surface area (Å²) in [5.74, 6) is 1.02. The van der Waals surface area contributed by atoms with E-state index in [9.17, 15) is 9.59 Å². The molecule has 0 fully saturated rings. The summed E-state index contributed by atoms with van der Waals surface area (Å²) < 4.78 is 2.00. The van der Waals surface area contributed by atoms with E-state index >= 15 is 0 Å². The molecule has 1 rings (SSSR count). The lowest BCUT2D eigenvalue weighted by molar-refractivity contribution is -0.119. The van der Waals surface area contributed by atoms with E-state index in [4.69, 9.17) is 0 Å². The monoisotopic (exact) mass is 268 g/mol. The zero-order valence-electron chi connectivity index (χ0n) is 11.0. The second kappa shape index (κ2) is 7.36. The zero-order valence-corrected chi connectivity index (χ0v) is 11.9. The van der Waals surface area contributed by atoms with Crippen LogP contribution in [-0.4, -0.2) is 20.4 Å². The minimum Gasteiger partial charge on any atom is -0.335 e. The first-order chi connectivity index (χ1) is 8.52. The van der Waals surface area contributed by atoms with E-state index in [2.05, 4.69) is 17.6 Å². The highest BCUT2D eigenvalue weighted by molar-refractivity contribution is 7.96. The molecular formula is C13H20N2O2S. The Labute approximate surface area is 113 Å². The van der Waals surface area contributed by atoms with E-state index in [0.29, 0.717) is 19.3 Å². The number of carbonyl (C=O) groups is 2. The molecule has 5 heteroatoms. The van der Waals surface area contributed by atoms with Gasteiger partial charge in [-0.15, -0.1) is 12.6 Å². The van der Waals surface area contributed by atoms with E-state index in [1.165, 1.54) is 0 Å². The summed E-state index contributed by atoms with van der Waals surface area (Å²) in [6.07, 6.45) is 4.78. The summed E-state index contributed by atoms with van der Waals surface area (Å²) in [6.45, 7) is 4.80. The maximum atomic E-state index is 11.8. The van der Waals surface area contributed by atoms with Gasteiger partial charge in [-0.1, -0.05) is 0 Å². The Hall–Kier alpha value is -1.10. The van der Waals surface area contributed by atoms with Gasteiger partial charge in [0.25, 0.3) is 0 Å². The number of nitrogens with zero attached hydrogens (tertiary/aromatic N) is 2. The van der Waals surface area contributed by atoms with Crippen LogP contribution in [0.4, 0.5) is 0 Å². The summed E-state index contributed by atoms with van der Waals surface area (Å²) in [6, 6.07) is 0. The predicted molar refractivity (Wildman–Crippen MR) is 73.8 cm³/mol. The van der Waals surface area contributed by atoms with Crippen LogP contribution < -0.4 is 0 Å². The average molecular weight is 268 g/mol. The molecule has 0 bridgehead atoms. The molecule has 1 aromatic rings. The molecule has 0 saturated heterocycles. The fourth-order valence-electron chi connectivity index (χ4n) is 1.87. The van der Waals surface area contributed by atoms with Crippen LogP contribution in [0.25, 0.3) is 0 Å². The van der Waals surface area contributed by atoms with Crippen molar-refractivity contribution in [1.82, 2.24) is 9.55 Å². The van der Waals surface area contributed by atoms with Crippen molar-refractivity contribution in [2.45, 2.75) is 52.5 Å². The van der Waals surface area contributed by atoms with E-state index < -0.39 is 0 Å². The number of aromatic nitrogens is 2. The fourth-order valence-corrected chi connectivity index (χ4v) is 2.03. The van der Waals surface area contributed by atoms with E-state index in [-0.39, 0.29) is 10.9 Å². The van der Waals surface area contributed by atoms with Crippen molar-refractivity contribution in [1.29, 1.82) is 0 Å². The first-order valence-corrected chi connectivity index (χ1v) is 6.73. The van der Waals surface area contributed by atoms with Crippen molar-refractivity contribution in [2.75, 3.05) is 0 Å². The number of Topliss-reactive ketones (excluding diaryl/α,β-unsaturated/α-hetero) is 1. The molecule has 4 nitrogen and oxygen atoms in total. The van der Waals surface area contributed by atoms with E-state index in [0.717, 1.165) is 30.9 Å². The fraction of sp³-hybridized carbons (Fsp3) is 0.615. The molecule has 0 atom stereocenters. The van der Waals surface area contributed by atoms with E-state index in [1.54, 1.807) is 0 Å². The molecular weight excluding hydrogens is 248 g/mol. The lowest BCUT2D eigenvalue weighted by Crippen LogP contribution is -2.09. The number of aryl methyl sites for hydroxylation is 2. The minimum atomic E-state index is -0.111. The predicted octanol–water partition coefficient (Wildman–Crippen LogP) is 2.34. The van der Waals surface area contributed by atoms with Crippen LogP contribution in [0.15, 0.2) is 6.20 Å². The SMILES string of the molecule is CCn1cc(C)nc1CC(=O)CCCCC(=O)S. The minimum absolute atomic E-state index is 0.111. The van der Waals surface area contributed by atoms with Crippen LogP contribution in [0.5, 0.6) is 0 Å². The van der Waals surface area contributed by atoms with Crippen molar-refractivity contribution >= 4 is 23.5 Å². The lowest BCUT2D eigenvalue weighted by atomic mass is 10.1. The quantitative estimate of drug-likeness (QED) is 0.581. The van der Waals surface area contributed by atoms with Gasteiger partial charge in [0.2, 0.25) is 0 Å². The number of unbranched alkanes of at least 4 members (excludes halogenated alkanes) is 1. The van der Waals surface area contributed by atoms with Gasteiger partial charge in [-0.3, -0.25) is 9.59 Å². The van der Waals surface area contributed by atoms with Gasteiger partial charge >= 0.3 is 0 Å². The highest BCUT2D eigenvalue weighted by atomic mass is 32.1. The molecule has 18 heavy (non-hydrogen) atoms. The number of thiol groups is 1. The molecule has 0 spiro atoms. The lowest BCUT2D eigenvalue weighted by Gasteiger charge is -2.03. The topological polar surface area (TPSA) is 52.0 Å². The van der Waals surface area contributed by atoms with Gasteiger partial charge in [0.1, 0.15) is 11.6 Å². The van der Waals surface area contributed by atoms with Crippen LogP contribution in [0.2, 0.25) is 0 Å². The molecule has 0 radical (unpaired) electrons. The first kappa shape index (κ1) is 15.0. The number of hydrogen-bond acceptors (Lipinski definition) is 3. The number of imidazole rings is 1. The molecule has 1 heterocycles. The molecule has 100 valence electrons. The van der Waals surface area contributed by atoms with Crippen LogP contribution in [0, 0.1) is 6.92 Å². The summed E-state index contributed by atoms with van der Waals surface area (Å²) in [5, 5.41) is -0.111. The maximum Gasteiger partial charge on any atom is 0.185 e. The van der Waals surface area contributed by atoms with Crippen LogP contribution >= 0.6 is 12.6 Å². The molecule has 0 aliphatic heterocycles. The highest BCUT2D eigenvalue weighted by Gasteiger charge is 2.10. The summed E-state index contributed by atoms with van der Waals surface area (Å²) >= 11 is 3.69. The number of hydrogen-bond donors (Lipinski definition) is 1. The van der Waals surface area contributed by atoms with Crippen molar-refractivity contribution in [3.05, 3.63) is 17.7 Å². The molecule has 0 N–H and O–H groups in total. The van der Waals surface area contributed by atoms with E-state index in [1.807, 2.05) is 24.6 Å². The largest absolute Gasteiger partial charge is 0.335 e. The summed E-state index contributed by atoms with van der Waals surface area (Å²) in [7, 11) is 0. The Bertz CT molecular complexity index is 427. The van der Waals surface area contributed by atoms with Crippen molar-refractivity contribution in [3.63, 3.8) is 0 Å². The molecule has 0 aromatic carbocycles. The number of ketones is 1. The first-order valence-electron chi connectivity index (χ1n) is 6.29. The van der Waals surface area contributed by atoms with Gasteiger partial charge in [-0.2, -0.15) is 0 Å². The van der Waals surface area contributed by atoms with Crippen LogP contribution in [0.1, 0.15) is 44.1 Å². The van der Waals surface area contributed by atoms with Crippen molar-refractivity contribution in [3.8, 4) is 0 Å². The third-order valence-corrected chi connectivity index (χ3v) is 3.00. The second-order valence-corrected chi connectivity index (χ2v) is 4.90. The molecule has 0 aliphatic rings. The van der Waals surface area contributed by atoms with Gasteiger partial charge in [-0.05, 0) is 26.7 Å². The summed E-state index contributed by atoms with van der Waals surface area (Å²) in [4.78, 5) is 26.8. The van der Waals surface area contributed by atoms with Gasteiger partial charge in [0.05, 0.1) is 12.1 Å². The van der Waals surface area contributed by atoms with Gasteiger partial charge in [-0.25, -0.2) is 4.98 Å². The normalized spacial score (nSPS) is 10.6. The maximum absolute atomic E-state index is 11.8. The molecule has 0 saturated carbocycles. The molecule has 0 amide bonds. The zero-order chi connectivity index (χ0) is 13.5. The molecule has 1 aromatic heterocycles. The standard InChI is InChI=1S/C13H20N2O2S/c1-3-15-9-10(2)14-12(15)8-11(16)6-4-5-7-13(17)18/h9H,3-8H2,1-2H3,(H,17,18). The average Bonchev–Trinajstić information content (AvgIpc) is 2.64. The van der Waals surface area contributed by atoms with Crippen molar-refractivity contribution in [2.24, 2.45) is 0 Å². The second-order valence-electron chi connectivity index (χ2n) is 4.40. The number of carbonyl (C=O) groups excluding carboxylic acids is 2. The van der Waals surface area contributed by atoms with Crippen molar-refractivity contribution < 1.29 is 9.59 Å². The highest BCUT2D eigenvalue weighted by Crippen LogP contribution is 2.08. The van der Waals surface area contributed by atoms with Crippen LogP contribution in [0.3, 0.4) is 0 Å². The Kier molecular flexibility index (Phi) is 6.12. The Morgan fingerprint density at radius 1 is 1.33 bits per heavy atom. The van der Waals surface area contributed by atoms with Gasteiger partial charge in [0.15, 0.2) is 5.12 Å². The summed E-state index contributed by atoms with van der Waals surface area (Å²) in [5.41, 5.74) is 0.945. The number of rotatable bonds is 8. The van der Waals surface area contributed by atoms with Gasteiger partial charge in [0, 0.05) is 25.6 Å². The Morgan fingerprint density at radius 3 is 2.61 bits per heavy atom. The third-order valence-electron chi connectivity index (χ3n) is 2.77. The molecule has 0 unspecified atom stereocenters. The molecule has 0 aliphatic carbocycles. The Balaban J connectivity index is 2.37. The third kappa shape index (κ3) is 5.04. The smallest absolute Gasteiger partial charge is 0.185 e.